The summed E-state index contributed by atoms with van der Waals surface area (Å²) in [6.07, 6.45) is 4.86. The Morgan fingerprint density at radius 1 is 1.38 bits per heavy atom. The monoisotopic (exact) mass is 182 g/mol. The Morgan fingerprint density at radius 2 is 2.23 bits per heavy atom. The lowest BCUT2D eigenvalue weighted by molar-refractivity contribution is -0.129. The highest BCUT2D eigenvalue weighted by Crippen LogP contribution is 2.24. The van der Waals surface area contributed by atoms with Gasteiger partial charge < -0.3 is 10.2 Å². The van der Waals surface area contributed by atoms with Crippen molar-refractivity contribution in [3.63, 3.8) is 0 Å². The second kappa shape index (κ2) is 3.66. The van der Waals surface area contributed by atoms with Gasteiger partial charge in [-0.05, 0) is 25.8 Å². The van der Waals surface area contributed by atoms with E-state index in [0.717, 1.165) is 19.5 Å². The molecule has 2 atom stereocenters. The molecule has 2 saturated heterocycles. The minimum Gasteiger partial charge on any atom is -0.338 e. The smallest absolute Gasteiger partial charge is 0.219 e. The minimum absolute atomic E-state index is 0.246. The van der Waals surface area contributed by atoms with Crippen LogP contribution in [0.1, 0.15) is 32.6 Å². The first-order valence-corrected chi connectivity index (χ1v) is 5.29. The number of nitrogens with zero attached hydrogens (tertiary/aromatic N) is 1. The summed E-state index contributed by atoms with van der Waals surface area (Å²) in [4.78, 5) is 13.4. The van der Waals surface area contributed by atoms with Gasteiger partial charge in [-0.15, -0.1) is 0 Å². The number of carbonyl (C=O) groups is 1. The molecule has 0 spiro atoms. The van der Waals surface area contributed by atoms with E-state index in [-0.39, 0.29) is 5.91 Å². The molecule has 0 aromatic rings. The Bertz CT molecular complexity index is 205. The summed E-state index contributed by atoms with van der Waals surface area (Å²) in [5, 5.41) is 3.53. The quantitative estimate of drug-likeness (QED) is 0.599. The lowest BCUT2D eigenvalue weighted by atomic mass is 10.1. The van der Waals surface area contributed by atoms with Gasteiger partial charge >= 0.3 is 0 Å². The van der Waals surface area contributed by atoms with Crippen molar-refractivity contribution in [1.29, 1.82) is 0 Å². The summed E-state index contributed by atoms with van der Waals surface area (Å²) in [6.45, 7) is 3.78. The van der Waals surface area contributed by atoms with Crippen molar-refractivity contribution in [1.82, 2.24) is 10.2 Å². The fourth-order valence-electron chi connectivity index (χ4n) is 2.61. The van der Waals surface area contributed by atoms with Gasteiger partial charge in [0, 0.05) is 25.6 Å². The average molecular weight is 182 g/mol. The second-order valence-corrected chi connectivity index (χ2v) is 4.12. The molecule has 2 fully saturated rings. The summed E-state index contributed by atoms with van der Waals surface area (Å²) in [5.74, 6) is 0.246. The van der Waals surface area contributed by atoms with Crippen LogP contribution in [0, 0.1) is 0 Å². The molecule has 0 aromatic heterocycles. The molecule has 3 heteroatoms. The van der Waals surface area contributed by atoms with Crippen molar-refractivity contribution in [2.75, 3.05) is 13.1 Å². The highest BCUT2D eigenvalue weighted by Gasteiger charge is 2.35. The maximum Gasteiger partial charge on any atom is 0.219 e. The second-order valence-electron chi connectivity index (χ2n) is 4.12. The largest absolute Gasteiger partial charge is 0.338 e. The van der Waals surface area contributed by atoms with Crippen LogP contribution in [0.5, 0.6) is 0 Å². The zero-order valence-corrected chi connectivity index (χ0v) is 8.25. The zero-order chi connectivity index (χ0) is 9.26. The fraction of sp³-hybridized carbons (Fsp3) is 0.900. The normalized spacial score (nSPS) is 34.1. The molecule has 0 aromatic carbocycles. The first kappa shape index (κ1) is 9.00. The van der Waals surface area contributed by atoms with E-state index in [1.165, 1.54) is 19.3 Å². The Kier molecular flexibility index (Phi) is 2.54. The van der Waals surface area contributed by atoms with Crippen LogP contribution in [0.15, 0.2) is 0 Å². The van der Waals surface area contributed by atoms with Crippen molar-refractivity contribution in [2.24, 2.45) is 0 Å². The third-order valence-corrected chi connectivity index (χ3v) is 3.28. The van der Waals surface area contributed by atoms with Crippen LogP contribution in [0.2, 0.25) is 0 Å². The number of amides is 1. The Balaban J connectivity index is 2.06. The summed E-state index contributed by atoms with van der Waals surface area (Å²) < 4.78 is 0. The third kappa shape index (κ3) is 1.70. The van der Waals surface area contributed by atoms with E-state index in [4.69, 9.17) is 0 Å². The van der Waals surface area contributed by atoms with Gasteiger partial charge in [0.1, 0.15) is 0 Å². The van der Waals surface area contributed by atoms with Crippen molar-refractivity contribution in [2.45, 2.75) is 44.7 Å². The van der Waals surface area contributed by atoms with Gasteiger partial charge in [0.25, 0.3) is 0 Å². The molecule has 0 bridgehead atoms. The van der Waals surface area contributed by atoms with Crippen LogP contribution in [0.4, 0.5) is 0 Å². The standard InChI is InChI=1S/C10H18N2O/c1-8(13)12-7-5-9-10(12)4-2-3-6-11-9/h9-11H,2-7H2,1H3. The van der Waals surface area contributed by atoms with E-state index >= 15 is 0 Å². The molecule has 2 aliphatic rings. The lowest BCUT2D eigenvalue weighted by Crippen LogP contribution is -2.42. The topological polar surface area (TPSA) is 32.3 Å². The molecular weight excluding hydrogens is 164 g/mol. The summed E-state index contributed by atoms with van der Waals surface area (Å²) >= 11 is 0. The van der Waals surface area contributed by atoms with Crippen molar-refractivity contribution >= 4 is 5.91 Å². The number of fused-ring (bicyclic) bond motifs is 1. The molecule has 1 amide bonds. The van der Waals surface area contributed by atoms with E-state index in [9.17, 15) is 4.79 Å². The van der Waals surface area contributed by atoms with E-state index in [1.807, 2.05) is 4.90 Å². The minimum atomic E-state index is 0.246. The highest BCUT2D eigenvalue weighted by atomic mass is 16.2. The van der Waals surface area contributed by atoms with Crippen LogP contribution >= 0.6 is 0 Å². The van der Waals surface area contributed by atoms with Crippen LogP contribution in [0.3, 0.4) is 0 Å². The lowest BCUT2D eigenvalue weighted by Gasteiger charge is -2.25. The van der Waals surface area contributed by atoms with Crippen molar-refractivity contribution in [3.8, 4) is 0 Å². The first-order valence-electron chi connectivity index (χ1n) is 5.29. The number of rotatable bonds is 0. The fourth-order valence-corrected chi connectivity index (χ4v) is 2.61. The van der Waals surface area contributed by atoms with E-state index in [1.54, 1.807) is 6.92 Å². The Labute approximate surface area is 79.5 Å². The summed E-state index contributed by atoms with van der Waals surface area (Å²) in [6, 6.07) is 1.06. The maximum atomic E-state index is 11.3. The summed E-state index contributed by atoms with van der Waals surface area (Å²) in [7, 11) is 0. The molecule has 3 nitrogen and oxygen atoms in total. The number of nitrogens with one attached hydrogen (secondary N) is 1. The molecule has 1 N–H and O–H groups in total. The van der Waals surface area contributed by atoms with Gasteiger partial charge in [-0.1, -0.05) is 6.42 Å². The van der Waals surface area contributed by atoms with Crippen LogP contribution in [-0.2, 0) is 4.79 Å². The highest BCUT2D eigenvalue weighted by molar-refractivity contribution is 5.74. The Morgan fingerprint density at radius 3 is 3.00 bits per heavy atom. The van der Waals surface area contributed by atoms with Gasteiger partial charge in [-0.3, -0.25) is 4.79 Å². The molecule has 74 valence electrons. The Hall–Kier alpha value is -0.570. The van der Waals surface area contributed by atoms with Gasteiger partial charge in [-0.2, -0.15) is 0 Å². The van der Waals surface area contributed by atoms with Crippen LogP contribution in [0.25, 0.3) is 0 Å². The van der Waals surface area contributed by atoms with Gasteiger partial charge in [0.05, 0.1) is 0 Å². The van der Waals surface area contributed by atoms with Gasteiger partial charge in [-0.25, -0.2) is 0 Å². The molecule has 2 aliphatic heterocycles. The predicted octanol–water partition coefficient (Wildman–Crippen LogP) is 0.749. The summed E-state index contributed by atoms with van der Waals surface area (Å²) in [5.41, 5.74) is 0. The third-order valence-electron chi connectivity index (χ3n) is 3.28. The molecule has 13 heavy (non-hydrogen) atoms. The predicted molar refractivity (Wildman–Crippen MR) is 51.4 cm³/mol. The number of hydrogen-bond donors (Lipinski definition) is 1. The molecule has 0 radical (unpaired) electrons. The first-order chi connectivity index (χ1) is 6.29. The van der Waals surface area contributed by atoms with Crippen molar-refractivity contribution < 1.29 is 4.79 Å². The van der Waals surface area contributed by atoms with Crippen molar-refractivity contribution in [3.05, 3.63) is 0 Å². The molecule has 2 unspecified atom stereocenters. The van der Waals surface area contributed by atoms with Gasteiger partial charge in [0.15, 0.2) is 0 Å². The SMILES string of the molecule is CC(=O)N1CCC2NCCCCC21. The maximum absolute atomic E-state index is 11.3. The molecule has 2 rings (SSSR count). The van der Waals surface area contributed by atoms with Crippen LogP contribution < -0.4 is 5.32 Å². The van der Waals surface area contributed by atoms with Crippen LogP contribution in [-0.4, -0.2) is 36.0 Å². The number of carbonyl (C=O) groups excluding carboxylic acids is 1. The molecule has 2 heterocycles. The average Bonchev–Trinajstić information content (AvgIpc) is 2.36. The molecule has 0 saturated carbocycles. The van der Waals surface area contributed by atoms with E-state index < -0.39 is 0 Å². The molecule has 0 aliphatic carbocycles. The number of likely N-dealkylation sites (tertiary alicyclic amines) is 1. The van der Waals surface area contributed by atoms with Gasteiger partial charge in [0.2, 0.25) is 5.91 Å². The molecular formula is C10H18N2O. The van der Waals surface area contributed by atoms with E-state index in [2.05, 4.69) is 5.32 Å². The zero-order valence-electron chi connectivity index (χ0n) is 8.25. The van der Waals surface area contributed by atoms with E-state index in [0.29, 0.717) is 12.1 Å². The number of hydrogen-bond acceptors (Lipinski definition) is 2.